The van der Waals surface area contributed by atoms with E-state index in [1.165, 1.54) is 6.07 Å². The number of carbonyl (C=O) groups is 1. The molecule has 0 fully saturated rings. The van der Waals surface area contributed by atoms with Crippen molar-refractivity contribution >= 4 is 16.8 Å². The van der Waals surface area contributed by atoms with E-state index in [1.54, 1.807) is 18.3 Å². The molecule has 0 bridgehead atoms. The lowest BCUT2D eigenvalue weighted by Crippen LogP contribution is -2.24. The fraction of sp³-hybridized carbons (Fsp3) is 0.0667. The van der Waals surface area contributed by atoms with Crippen molar-refractivity contribution in [1.82, 2.24) is 15.3 Å². The predicted molar refractivity (Wildman–Crippen MR) is 76.5 cm³/mol. The van der Waals surface area contributed by atoms with Crippen LogP contribution in [0.5, 0.6) is 0 Å². The van der Waals surface area contributed by atoms with Gasteiger partial charge in [0.1, 0.15) is 5.69 Å². The van der Waals surface area contributed by atoms with Crippen LogP contribution >= 0.6 is 0 Å². The van der Waals surface area contributed by atoms with Crippen molar-refractivity contribution in [1.29, 1.82) is 0 Å². The fourth-order valence-electron chi connectivity index (χ4n) is 2.17. The standard InChI is InChI=1S/C15H13N3O2/c19-14-8-10(11-4-1-2-5-12(11)18-14)9-17-15(20)13-6-3-7-16-13/h1-8,16H,9H2,(H,17,20)(H,18,19). The second-order valence-electron chi connectivity index (χ2n) is 4.47. The molecule has 0 aliphatic heterocycles. The zero-order chi connectivity index (χ0) is 13.9. The van der Waals surface area contributed by atoms with Crippen molar-refractivity contribution in [3.8, 4) is 0 Å². The van der Waals surface area contributed by atoms with Crippen molar-refractivity contribution in [2.75, 3.05) is 0 Å². The number of hydrogen-bond donors (Lipinski definition) is 3. The van der Waals surface area contributed by atoms with Crippen LogP contribution in [-0.2, 0) is 6.54 Å². The van der Waals surface area contributed by atoms with E-state index in [9.17, 15) is 9.59 Å². The molecule has 0 spiro atoms. The van der Waals surface area contributed by atoms with Crippen LogP contribution in [-0.4, -0.2) is 15.9 Å². The summed E-state index contributed by atoms with van der Waals surface area (Å²) in [5.74, 6) is -0.195. The van der Waals surface area contributed by atoms with Crippen molar-refractivity contribution in [3.63, 3.8) is 0 Å². The molecule has 0 aliphatic carbocycles. The lowest BCUT2D eigenvalue weighted by atomic mass is 10.1. The molecule has 1 aromatic carbocycles. The minimum absolute atomic E-state index is 0.173. The lowest BCUT2D eigenvalue weighted by Gasteiger charge is -2.07. The summed E-state index contributed by atoms with van der Waals surface area (Å²) in [6, 6.07) is 12.5. The molecule has 5 nitrogen and oxygen atoms in total. The summed E-state index contributed by atoms with van der Waals surface area (Å²) in [4.78, 5) is 29.1. The number of amides is 1. The van der Waals surface area contributed by atoms with Gasteiger partial charge in [-0.3, -0.25) is 9.59 Å². The number of aromatic nitrogens is 2. The molecule has 2 aromatic heterocycles. The third-order valence-corrected chi connectivity index (χ3v) is 3.12. The van der Waals surface area contributed by atoms with Gasteiger partial charge in [0.2, 0.25) is 5.56 Å². The van der Waals surface area contributed by atoms with Gasteiger partial charge in [-0.1, -0.05) is 18.2 Å². The first-order chi connectivity index (χ1) is 9.74. The van der Waals surface area contributed by atoms with Gasteiger partial charge in [-0.15, -0.1) is 0 Å². The second-order valence-corrected chi connectivity index (χ2v) is 4.47. The van der Waals surface area contributed by atoms with Crippen LogP contribution in [0.25, 0.3) is 10.9 Å². The number of fused-ring (bicyclic) bond motifs is 1. The lowest BCUT2D eigenvalue weighted by molar-refractivity contribution is 0.0946. The summed E-state index contributed by atoms with van der Waals surface area (Å²) in [7, 11) is 0. The maximum absolute atomic E-state index is 11.9. The van der Waals surface area contributed by atoms with E-state index in [2.05, 4.69) is 15.3 Å². The van der Waals surface area contributed by atoms with Crippen molar-refractivity contribution < 1.29 is 4.79 Å². The summed E-state index contributed by atoms with van der Waals surface area (Å²) < 4.78 is 0. The Morgan fingerprint density at radius 2 is 2.00 bits per heavy atom. The van der Waals surface area contributed by atoms with Gasteiger partial charge in [0.15, 0.2) is 0 Å². The molecule has 3 aromatic rings. The Morgan fingerprint density at radius 3 is 2.80 bits per heavy atom. The SMILES string of the molecule is O=C(NCc1cc(=O)[nH]c2ccccc12)c1ccc[nH]1. The number of H-pyrrole nitrogens is 2. The summed E-state index contributed by atoms with van der Waals surface area (Å²) in [5.41, 5.74) is 1.89. The normalized spacial score (nSPS) is 10.6. The number of carbonyl (C=O) groups excluding carboxylic acids is 1. The monoisotopic (exact) mass is 267 g/mol. The molecule has 0 saturated heterocycles. The smallest absolute Gasteiger partial charge is 0.267 e. The van der Waals surface area contributed by atoms with E-state index in [-0.39, 0.29) is 11.5 Å². The number of para-hydroxylation sites is 1. The fourth-order valence-corrected chi connectivity index (χ4v) is 2.17. The molecule has 0 radical (unpaired) electrons. The highest BCUT2D eigenvalue weighted by Crippen LogP contribution is 2.14. The molecule has 2 heterocycles. The van der Waals surface area contributed by atoms with E-state index in [1.807, 2.05) is 24.3 Å². The topological polar surface area (TPSA) is 77.8 Å². The summed E-state index contributed by atoms with van der Waals surface area (Å²) in [6.45, 7) is 0.308. The average molecular weight is 267 g/mol. The Kier molecular flexibility index (Phi) is 3.09. The predicted octanol–water partition coefficient (Wildman–Crippen LogP) is 1.79. The van der Waals surface area contributed by atoms with Gasteiger partial charge in [-0.25, -0.2) is 0 Å². The zero-order valence-corrected chi connectivity index (χ0v) is 10.6. The molecule has 0 aliphatic rings. The van der Waals surface area contributed by atoms with Crippen molar-refractivity contribution in [3.05, 3.63) is 70.3 Å². The van der Waals surface area contributed by atoms with Crippen molar-refractivity contribution in [2.24, 2.45) is 0 Å². The van der Waals surface area contributed by atoms with E-state index >= 15 is 0 Å². The first-order valence-electron chi connectivity index (χ1n) is 6.26. The Balaban J connectivity index is 1.88. The van der Waals surface area contributed by atoms with E-state index in [0.29, 0.717) is 12.2 Å². The number of rotatable bonds is 3. The molecule has 0 atom stereocenters. The third-order valence-electron chi connectivity index (χ3n) is 3.12. The van der Waals surface area contributed by atoms with Crippen LogP contribution in [0.2, 0.25) is 0 Å². The van der Waals surface area contributed by atoms with Gasteiger partial charge >= 0.3 is 0 Å². The Morgan fingerprint density at radius 1 is 1.15 bits per heavy atom. The Labute approximate surface area is 114 Å². The molecule has 3 N–H and O–H groups in total. The van der Waals surface area contributed by atoms with Gasteiger partial charge < -0.3 is 15.3 Å². The molecule has 1 amide bonds. The number of aromatic amines is 2. The number of benzene rings is 1. The van der Waals surface area contributed by atoms with E-state index in [0.717, 1.165) is 16.5 Å². The molecule has 20 heavy (non-hydrogen) atoms. The largest absolute Gasteiger partial charge is 0.357 e. The van der Waals surface area contributed by atoms with Gasteiger partial charge in [0.05, 0.1) is 0 Å². The summed E-state index contributed by atoms with van der Waals surface area (Å²) >= 11 is 0. The van der Waals surface area contributed by atoms with Crippen LogP contribution in [0.15, 0.2) is 53.5 Å². The van der Waals surface area contributed by atoms with Crippen LogP contribution in [0.1, 0.15) is 16.1 Å². The highest BCUT2D eigenvalue weighted by molar-refractivity contribution is 5.92. The summed E-state index contributed by atoms with van der Waals surface area (Å²) in [6.07, 6.45) is 1.69. The molecular weight excluding hydrogens is 254 g/mol. The second kappa shape index (κ2) is 5.05. The highest BCUT2D eigenvalue weighted by atomic mass is 16.2. The van der Waals surface area contributed by atoms with E-state index < -0.39 is 0 Å². The van der Waals surface area contributed by atoms with Gasteiger partial charge in [0.25, 0.3) is 5.91 Å². The Bertz CT molecular complexity index is 803. The van der Waals surface area contributed by atoms with Crippen LogP contribution in [0, 0.1) is 0 Å². The van der Waals surface area contributed by atoms with Crippen LogP contribution in [0.4, 0.5) is 0 Å². The van der Waals surface area contributed by atoms with Gasteiger partial charge in [0, 0.05) is 29.7 Å². The zero-order valence-electron chi connectivity index (χ0n) is 10.6. The molecule has 0 unspecified atom stereocenters. The molecular formula is C15H13N3O2. The average Bonchev–Trinajstić information content (AvgIpc) is 2.98. The quantitative estimate of drug-likeness (QED) is 0.676. The van der Waals surface area contributed by atoms with Gasteiger partial charge in [-0.05, 0) is 23.8 Å². The third kappa shape index (κ3) is 2.33. The maximum Gasteiger partial charge on any atom is 0.267 e. The molecule has 0 saturated carbocycles. The molecule has 5 heteroatoms. The van der Waals surface area contributed by atoms with Crippen LogP contribution in [0.3, 0.4) is 0 Å². The molecule has 100 valence electrons. The van der Waals surface area contributed by atoms with E-state index in [4.69, 9.17) is 0 Å². The first-order valence-corrected chi connectivity index (χ1v) is 6.26. The summed E-state index contributed by atoms with van der Waals surface area (Å²) in [5, 5.41) is 3.73. The maximum atomic E-state index is 11.9. The number of hydrogen-bond acceptors (Lipinski definition) is 2. The minimum atomic E-state index is -0.195. The highest BCUT2D eigenvalue weighted by Gasteiger charge is 2.07. The number of nitrogens with one attached hydrogen (secondary N) is 3. The molecule has 3 rings (SSSR count). The van der Waals surface area contributed by atoms with Crippen molar-refractivity contribution in [2.45, 2.75) is 6.54 Å². The minimum Gasteiger partial charge on any atom is -0.357 e. The number of pyridine rings is 1. The van der Waals surface area contributed by atoms with Gasteiger partial charge in [-0.2, -0.15) is 0 Å². The van der Waals surface area contributed by atoms with Crippen LogP contribution < -0.4 is 10.9 Å². The Hall–Kier alpha value is -2.82. The first kappa shape index (κ1) is 12.2.